The molecule has 0 bridgehead atoms. The van der Waals surface area contributed by atoms with Crippen molar-refractivity contribution < 1.29 is 14.3 Å². The number of likely N-dealkylation sites (N-methyl/N-ethyl adjacent to an activating group) is 1. The van der Waals surface area contributed by atoms with Crippen LogP contribution in [0.2, 0.25) is 0 Å². The number of hydrogen-bond acceptors (Lipinski definition) is 3. The highest BCUT2D eigenvalue weighted by atomic mass is 16.5. The van der Waals surface area contributed by atoms with Gasteiger partial charge in [-0.3, -0.25) is 4.79 Å². The minimum Gasteiger partial charge on any atom is -0.445 e. The highest BCUT2D eigenvalue weighted by molar-refractivity contribution is 5.86. The molecule has 25 heavy (non-hydrogen) atoms. The van der Waals surface area contributed by atoms with E-state index in [1.165, 1.54) is 0 Å². The predicted octanol–water partition coefficient (Wildman–Crippen LogP) is 3.52. The molecular formula is C20H24N2O3. The van der Waals surface area contributed by atoms with E-state index in [-0.39, 0.29) is 12.5 Å². The van der Waals surface area contributed by atoms with E-state index in [9.17, 15) is 9.59 Å². The second-order valence-electron chi connectivity index (χ2n) is 5.56. The molecule has 1 N–H and O–H groups in total. The van der Waals surface area contributed by atoms with Crippen molar-refractivity contribution in [2.24, 2.45) is 0 Å². The summed E-state index contributed by atoms with van der Waals surface area (Å²) in [5.74, 6) is -0.145. The van der Waals surface area contributed by atoms with Gasteiger partial charge in [0.05, 0.1) is 0 Å². The van der Waals surface area contributed by atoms with Crippen molar-refractivity contribution in [1.29, 1.82) is 0 Å². The number of hydrogen-bond donors (Lipinski definition) is 1. The van der Waals surface area contributed by atoms with Crippen LogP contribution in [0.5, 0.6) is 0 Å². The molecule has 132 valence electrons. The lowest BCUT2D eigenvalue weighted by molar-refractivity contribution is -0.133. The maximum absolute atomic E-state index is 12.8. The van der Waals surface area contributed by atoms with E-state index in [2.05, 4.69) is 5.32 Å². The molecule has 0 fully saturated rings. The van der Waals surface area contributed by atoms with Gasteiger partial charge < -0.3 is 15.0 Å². The van der Waals surface area contributed by atoms with E-state index < -0.39 is 12.1 Å². The van der Waals surface area contributed by atoms with Gasteiger partial charge in [-0.15, -0.1) is 0 Å². The summed E-state index contributed by atoms with van der Waals surface area (Å²) >= 11 is 0. The van der Waals surface area contributed by atoms with Crippen LogP contribution in [0.15, 0.2) is 60.7 Å². The number of carbonyl (C=O) groups excluding carboxylic acids is 2. The van der Waals surface area contributed by atoms with Gasteiger partial charge in [0.2, 0.25) is 5.91 Å². The van der Waals surface area contributed by atoms with Crippen LogP contribution < -0.4 is 5.32 Å². The monoisotopic (exact) mass is 340 g/mol. The zero-order valence-electron chi connectivity index (χ0n) is 14.6. The summed E-state index contributed by atoms with van der Waals surface area (Å²) in [4.78, 5) is 26.7. The van der Waals surface area contributed by atoms with Crippen LogP contribution in [0.1, 0.15) is 31.0 Å². The Morgan fingerprint density at radius 3 is 2.08 bits per heavy atom. The smallest absolute Gasteiger partial charge is 0.408 e. The quantitative estimate of drug-likeness (QED) is 0.839. The Labute approximate surface area is 148 Å². The first-order chi connectivity index (χ1) is 12.2. The first-order valence-electron chi connectivity index (χ1n) is 8.46. The summed E-state index contributed by atoms with van der Waals surface area (Å²) < 4.78 is 5.26. The van der Waals surface area contributed by atoms with Gasteiger partial charge in [0.25, 0.3) is 0 Å². The van der Waals surface area contributed by atoms with Gasteiger partial charge in [0.1, 0.15) is 12.6 Å². The highest BCUT2D eigenvalue weighted by Crippen LogP contribution is 2.16. The number of rotatable bonds is 7. The molecule has 1 unspecified atom stereocenters. The second-order valence-corrected chi connectivity index (χ2v) is 5.56. The Morgan fingerprint density at radius 1 is 0.960 bits per heavy atom. The summed E-state index contributed by atoms with van der Waals surface area (Å²) in [5, 5.41) is 2.70. The highest BCUT2D eigenvalue weighted by Gasteiger charge is 2.26. The average molecular weight is 340 g/mol. The second kappa shape index (κ2) is 9.47. The average Bonchev–Trinajstić information content (AvgIpc) is 2.67. The molecule has 0 heterocycles. The number of nitrogens with one attached hydrogen (secondary N) is 1. The lowest BCUT2D eigenvalue weighted by Crippen LogP contribution is -2.43. The van der Waals surface area contributed by atoms with Crippen molar-refractivity contribution in [1.82, 2.24) is 10.2 Å². The molecule has 0 radical (unpaired) electrons. The van der Waals surface area contributed by atoms with Gasteiger partial charge >= 0.3 is 6.09 Å². The minimum absolute atomic E-state index is 0.145. The first-order valence-corrected chi connectivity index (χ1v) is 8.46. The van der Waals surface area contributed by atoms with Gasteiger partial charge in [-0.1, -0.05) is 60.7 Å². The fourth-order valence-corrected chi connectivity index (χ4v) is 2.53. The SMILES string of the molecule is CCN(CC)C(=O)C(NC(=O)OCc1ccccc1)c1ccccc1. The third-order valence-electron chi connectivity index (χ3n) is 3.93. The largest absolute Gasteiger partial charge is 0.445 e. The van der Waals surface area contributed by atoms with E-state index in [0.717, 1.165) is 11.1 Å². The van der Waals surface area contributed by atoms with Crippen molar-refractivity contribution in [3.8, 4) is 0 Å². The lowest BCUT2D eigenvalue weighted by atomic mass is 10.1. The number of ether oxygens (including phenoxy) is 1. The van der Waals surface area contributed by atoms with Crippen molar-refractivity contribution in [3.05, 3.63) is 71.8 Å². The Morgan fingerprint density at radius 2 is 1.52 bits per heavy atom. The maximum Gasteiger partial charge on any atom is 0.408 e. The zero-order valence-corrected chi connectivity index (χ0v) is 14.6. The summed E-state index contributed by atoms with van der Waals surface area (Å²) in [6.07, 6.45) is -0.613. The molecule has 2 aromatic carbocycles. The molecule has 0 aliphatic carbocycles. The minimum atomic E-state index is -0.760. The molecule has 0 aromatic heterocycles. The van der Waals surface area contributed by atoms with Crippen LogP contribution in [0.25, 0.3) is 0 Å². The number of nitrogens with zero attached hydrogens (tertiary/aromatic N) is 1. The zero-order chi connectivity index (χ0) is 18.1. The predicted molar refractivity (Wildman–Crippen MR) is 96.9 cm³/mol. The summed E-state index contributed by atoms with van der Waals surface area (Å²) in [7, 11) is 0. The van der Waals surface area contributed by atoms with E-state index >= 15 is 0 Å². The lowest BCUT2D eigenvalue weighted by Gasteiger charge is -2.26. The molecule has 0 aliphatic heterocycles. The van der Waals surface area contributed by atoms with Crippen LogP contribution in [-0.2, 0) is 16.1 Å². The van der Waals surface area contributed by atoms with Crippen LogP contribution in [0.3, 0.4) is 0 Å². The molecule has 5 heteroatoms. The van der Waals surface area contributed by atoms with Gasteiger partial charge in [0.15, 0.2) is 0 Å². The Bertz CT molecular complexity index is 670. The molecule has 0 aliphatic rings. The van der Waals surface area contributed by atoms with Crippen LogP contribution in [-0.4, -0.2) is 30.0 Å². The van der Waals surface area contributed by atoms with Crippen molar-refractivity contribution in [2.45, 2.75) is 26.5 Å². The van der Waals surface area contributed by atoms with Crippen LogP contribution in [0.4, 0.5) is 4.79 Å². The van der Waals surface area contributed by atoms with Crippen molar-refractivity contribution in [2.75, 3.05) is 13.1 Å². The van der Waals surface area contributed by atoms with Crippen molar-refractivity contribution >= 4 is 12.0 Å². The summed E-state index contributed by atoms with van der Waals surface area (Å²) in [6.45, 7) is 5.15. The van der Waals surface area contributed by atoms with Crippen LogP contribution >= 0.6 is 0 Å². The van der Waals surface area contributed by atoms with Gasteiger partial charge in [-0.2, -0.15) is 0 Å². The molecule has 1 atom stereocenters. The molecule has 5 nitrogen and oxygen atoms in total. The van der Waals surface area contributed by atoms with E-state index in [0.29, 0.717) is 13.1 Å². The number of amides is 2. The van der Waals surface area contributed by atoms with Crippen LogP contribution in [0, 0.1) is 0 Å². The molecule has 2 aromatic rings. The Kier molecular flexibility index (Phi) is 7.01. The number of alkyl carbamates (subject to hydrolysis) is 1. The summed E-state index contributed by atoms with van der Waals surface area (Å²) in [5.41, 5.74) is 1.63. The third-order valence-corrected chi connectivity index (χ3v) is 3.93. The van der Waals surface area contributed by atoms with E-state index in [1.807, 2.05) is 74.5 Å². The molecule has 2 amide bonds. The third kappa shape index (κ3) is 5.35. The van der Waals surface area contributed by atoms with Gasteiger partial charge in [-0.05, 0) is 25.0 Å². The van der Waals surface area contributed by atoms with Gasteiger partial charge in [0, 0.05) is 13.1 Å². The maximum atomic E-state index is 12.8. The van der Waals surface area contributed by atoms with Crippen molar-refractivity contribution in [3.63, 3.8) is 0 Å². The van der Waals surface area contributed by atoms with Gasteiger partial charge in [-0.25, -0.2) is 4.79 Å². The first kappa shape index (κ1) is 18.5. The molecular weight excluding hydrogens is 316 g/mol. The standard InChI is InChI=1S/C20H24N2O3/c1-3-22(4-2)19(23)18(17-13-9-6-10-14-17)21-20(24)25-15-16-11-7-5-8-12-16/h5-14,18H,3-4,15H2,1-2H3,(H,21,24). The molecule has 0 spiro atoms. The molecule has 0 saturated carbocycles. The molecule has 2 rings (SSSR count). The van der Waals surface area contributed by atoms with E-state index in [4.69, 9.17) is 4.74 Å². The summed E-state index contributed by atoms with van der Waals surface area (Å²) in [6, 6.07) is 17.9. The topological polar surface area (TPSA) is 58.6 Å². The fraction of sp³-hybridized carbons (Fsp3) is 0.300. The van der Waals surface area contributed by atoms with E-state index in [1.54, 1.807) is 4.90 Å². The Hall–Kier alpha value is -2.82. The number of carbonyl (C=O) groups is 2. The fourth-order valence-electron chi connectivity index (χ4n) is 2.53. The Balaban J connectivity index is 2.07. The normalized spacial score (nSPS) is 11.4. The number of benzene rings is 2. The molecule has 0 saturated heterocycles.